The van der Waals surface area contributed by atoms with Crippen LogP contribution in [-0.4, -0.2) is 45.0 Å². The van der Waals surface area contributed by atoms with Crippen molar-refractivity contribution in [1.82, 2.24) is 4.98 Å². The number of hydrogen-bond acceptors (Lipinski definition) is 5. The molecule has 0 bridgehead atoms. The molecule has 1 aliphatic rings. The van der Waals surface area contributed by atoms with E-state index < -0.39 is 17.7 Å². The number of nitrogens with zero attached hydrogens (tertiary/aromatic N) is 1. The molecule has 1 aromatic heterocycles. The van der Waals surface area contributed by atoms with E-state index in [1.165, 1.54) is 20.0 Å². The molecule has 0 aromatic carbocycles. The van der Waals surface area contributed by atoms with Gasteiger partial charge in [0.1, 0.15) is 6.17 Å². The first-order valence-electron chi connectivity index (χ1n) is 8.27. The van der Waals surface area contributed by atoms with Gasteiger partial charge in [-0.3, -0.25) is 9.78 Å². The summed E-state index contributed by atoms with van der Waals surface area (Å²) >= 11 is 0. The molecule has 6 nitrogen and oxygen atoms in total. The molecule has 1 atom stereocenters. The van der Waals surface area contributed by atoms with Crippen LogP contribution < -0.4 is 11.1 Å². The summed E-state index contributed by atoms with van der Waals surface area (Å²) in [5.74, 6) is -0.681. The molecule has 1 heterocycles. The predicted molar refractivity (Wildman–Crippen MR) is 89.5 cm³/mol. The molecule has 0 spiro atoms. The van der Waals surface area contributed by atoms with E-state index in [9.17, 15) is 19.4 Å². The third-order valence-electron chi connectivity index (χ3n) is 4.47. The number of alkyl halides is 1. The van der Waals surface area contributed by atoms with E-state index in [1.807, 2.05) is 0 Å². The molecule has 24 heavy (non-hydrogen) atoms. The molecular formula is C17H26FN3O3. The SMILES string of the molecule is CC(C)(O)C(F)Cc1nccc(NC2CCC(O)CC2)c1C(N)=O. The maximum atomic E-state index is 14.2. The number of pyridine rings is 1. The van der Waals surface area contributed by atoms with Crippen molar-refractivity contribution in [2.45, 2.75) is 69.9 Å². The minimum Gasteiger partial charge on any atom is -0.393 e. The number of primary amides is 1. The molecule has 0 radical (unpaired) electrons. The Morgan fingerprint density at radius 3 is 2.62 bits per heavy atom. The fourth-order valence-electron chi connectivity index (χ4n) is 2.91. The van der Waals surface area contributed by atoms with E-state index in [2.05, 4.69) is 10.3 Å². The number of carbonyl (C=O) groups is 1. The molecule has 5 N–H and O–H groups in total. The summed E-state index contributed by atoms with van der Waals surface area (Å²) < 4.78 is 14.2. The van der Waals surface area contributed by atoms with Gasteiger partial charge in [0.05, 0.1) is 28.6 Å². The standard InChI is InChI=1S/C17H26FN3O3/c1-17(2,24)14(18)9-13-15(16(19)23)12(7-8-20-13)21-10-3-5-11(22)6-4-10/h7-8,10-11,14,22,24H,3-6,9H2,1-2H3,(H2,19,23)(H,20,21). The smallest absolute Gasteiger partial charge is 0.252 e. The number of nitrogens with one attached hydrogen (secondary N) is 1. The Bertz CT molecular complexity index is 581. The van der Waals surface area contributed by atoms with Crippen molar-refractivity contribution in [3.8, 4) is 0 Å². The highest BCUT2D eigenvalue weighted by Gasteiger charge is 2.30. The fourth-order valence-corrected chi connectivity index (χ4v) is 2.91. The Morgan fingerprint density at radius 1 is 1.46 bits per heavy atom. The van der Waals surface area contributed by atoms with Gasteiger partial charge in [0.2, 0.25) is 0 Å². The summed E-state index contributed by atoms with van der Waals surface area (Å²) in [4.78, 5) is 16.0. The molecule has 1 aliphatic carbocycles. The summed E-state index contributed by atoms with van der Waals surface area (Å²) in [7, 11) is 0. The Labute approximate surface area is 141 Å². The Hall–Kier alpha value is -1.73. The number of anilines is 1. The number of nitrogens with two attached hydrogens (primary N) is 1. The van der Waals surface area contributed by atoms with Crippen molar-refractivity contribution in [3.05, 3.63) is 23.5 Å². The quantitative estimate of drug-likeness (QED) is 0.629. The maximum absolute atomic E-state index is 14.2. The van der Waals surface area contributed by atoms with E-state index in [0.29, 0.717) is 18.5 Å². The molecule has 1 unspecified atom stereocenters. The van der Waals surface area contributed by atoms with Gasteiger partial charge in [-0.05, 0) is 45.6 Å². The topological polar surface area (TPSA) is 108 Å². The van der Waals surface area contributed by atoms with Gasteiger partial charge in [0.25, 0.3) is 5.91 Å². The summed E-state index contributed by atoms with van der Waals surface area (Å²) in [6.07, 6.45) is 2.44. The molecule has 7 heteroatoms. The zero-order valence-corrected chi connectivity index (χ0v) is 14.1. The minimum absolute atomic E-state index is 0.122. The Kier molecular flexibility index (Phi) is 5.77. The molecule has 0 saturated heterocycles. The van der Waals surface area contributed by atoms with Gasteiger partial charge in [-0.2, -0.15) is 0 Å². The largest absolute Gasteiger partial charge is 0.393 e. The minimum atomic E-state index is -1.57. The van der Waals surface area contributed by atoms with Gasteiger partial charge < -0.3 is 21.3 Å². The van der Waals surface area contributed by atoms with Crippen LogP contribution in [0.5, 0.6) is 0 Å². The lowest BCUT2D eigenvalue weighted by atomic mass is 9.92. The summed E-state index contributed by atoms with van der Waals surface area (Å²) in [6.45, 7) is 2.74. The van der Waals surface area contributed by atoms with Gasteiger partial charge in [0, 0.05) is 18.7 Å². The van der Waals surface area contributed by atoms with Gasteiger partial charge in [-0.1, -0.05) is 0 Å². The lowest BCUT2D eigenvalue weighted by molar-refractivity contribution is -0.00307. The maximum Gasteiger partial charge on any atom is 0.252 e. The molecule has 1 aromatic rings. The van der Waals surface area contributed by atoms with Crippen LogP contribution in [0.3, 0.4) is 0 Å². The molecule has 0 aliphatic heterocycles. The normalized spacial score (nSPS) is 22.9. The average Bonchev–Trinajstić information content (AvgIpc) is 2.48. The van der Waals surface area contributed by atoms with E-state index in [1.54, 1.807) is 6.07 Å². The second kappa shape index (κ2) is 7.44. The monoisotopic (exact) mass is 339 g/mol. The Balaban J connectivity index is 2.22. The van der Waals surface area contributed by atoms with E-state index in [4.69, 9.17) is 5.73 Å². The highest BCUT2D eigenvalue weighted by molar-refractivity contribution is 5.99. The molecule has 1 saturated carbocycles. The number of hydrogen-bond donors (Lipinski definition) is 4. The van der Waals surface area contributed by atoms with Crippen molar-refractivity contribution in [2.75, 3.05) is 5.32 Å². The van der Waals surface area contributed by atoms with Crippen LogP contribution in [0.2, 0.25) is 0 Å². The van der Waals surface area contributed by atoms with Crippen LogP contribution in [0, 0.1) is 0 Å². The first-order chi connectivity index (χ1) is 11.2. The summed E-state index contributed by atoms with van der Waals surface area (Å²) in [6, 6.07) is 1.77. The van der Waals surface area contributed by atoms with Gasteiger partial charge in [-0.25, -0.2) is 4.39 Å². The van der Waals surface area contributed by atoms with Crippen molar-refractivity contribution >= 4 is 11.6 Å². The van der Waals surface area contributed by atoms with Crippen molar-refractivity contribution in [2.24, 2.45) is 5.73 Å². The van der Waals surface area contributed by atoms with Crippen LogP contribution in [0.1, 0.15) is 55.6 Å². The van der Waals surface area contributed by atoms with Crippen molar-refractivity contribution in [3.63, 3.8) is 0 Å². The summed E-state index contributed by atoms with van der Waals surface area (Å²) in [5, 5.41) is 22.6. The number of aromatic nitrogens is 1. The first-order valence-corrected chi connectivity index (χ1v) is 8.27. The van der Waals surface area contributed by atoms with Crippen molar-refractivity contribution < 1.29 is 19.4 Å². The molecule has 2 rings (SSSR count). The van der Waals surface area contributed by atoms with Crippen LogP contribution in [-0.2, 0) is 6.42 Å². The second-order valence-corrected chi connectivity index (χ2v) is 7.02. The lowest BCUT2D eigenvalue weighted by Crippen LogP contribution is -2.35. The van der Waals surface area contributed by atoms with Gasteiger partial charge >= 0.3 is 0 Å². The number of carbonyl (C=O) groups excluding carboxylic acids is 1. The zero-order chi connectivity index (χ0) is 17.9. The van der Waals surface area contributed by atoms with Gasteiger partial charge in [-0.15, -0.1) is 0 Å². The Morgan fingerprint density at radius 2 is 2.08 bits per heavy atom. The number of aliphatic hydroxyl groups excluding tert-OH is 1. The zero-order valence-electron chi connectivity index (χ0n) is 14.1. The van der Waals surface area contributed by atoms with Crippen LogP contribution in [0.15, 0.2) is 12.3 Å². The predicted octanol–water partition coefficient (Wildman–Crippen LogP) is 1.55. The second-order valence-electron chi connectivity index (χ2n) is 7.02. The molecule has 1 fully saturated rings. The lowest BCUT2D eigenvalue weighted by Gasteiger charge is -2.28. The van der Waals surface area contributed by atoms with Crippen LogP contribution in [0.4, 0.5) is 10.1 Å². The van der Waals surface area contributed by atoms with Crippen LogP contribution in [0.25, 0.3) is 0 Å². The van der Waals surface area contributed by atoms with Crippen LogP contribution >= 0.6 is 0 Å². The van der Waals surface area contributed by atoms with Crippen molar-refractivity contribution in [1.29, 1.82) is 0 Å². The summed E-state index contributed by atoms with van der Waals surface area (Å²) in [5.41, 5.74) is 4.88. The number of amides is 1. The highest BCUT2D eigenvalue weighted by Crippen LogP contribution is 2.27. The van der Waals surface area contributed by atoms with E-state index in [0.717, 1.165) is 12.8 Å². The van der Waals surface area contributed by atoms with Gasteiger partial charge in [0.15, 0.2) is 0 Å². The number of halogens is 1. The molecular weight excluding hydrogens is 313 g/mol. The molecule has 1 amide bonds. The average molecular weight is 339 g/mol. The van der Waals surface area contributed by atoms with E-state index in [-0.39, 0.29) is 29.8 Å². The van der Waals surface area contributed by atoms with E-state index >= 15 is 0 Å². The number of rotatable bonds is 6. The number of aliphatic hydroxyl groups is 2. The highest BCUT2D eigenvalue weighted by atomic mass is 19.1. The first kappa shape index (κ1) is 18.6. The fraction of sp³-hybridized carbons (Fsp3) is 0.647. The molecule has 134 valence electrons. The third kappa shape index (κ3) is 4.64. The third-order valence-corrected chi connectivity index (χ3v) is 4.47.